The average Bonchev–Trinajstić information content (AvgIpc) is 2.78. The van der Waals surface area contributed by atoms with E-state index in [1.807, 2.05) is 0 Å². The number of hydrazine groups is 1. The number of carbonyl (C=O) groups is 5. The molecule has 0 fully saturated rings. The molecule has 3 atom stereocenters. The average molecular weight is 516 g/mol. The van der Waals surface area contributed by atoms with Crippen LogP contribution in [0, 0.1) is 20.2 Å². The Balaban J connectivity index is 0.000000748. The number of ether oxygens (including phenoxy) is 4. The van der Waals surface area contributed by atoms with Crippen molar-refractivity contribution in [2.24, 2.45) is 5.84 Å². The van der Waals surface area contributed by atoms with E-state index in [2.05, 4.69) is 5.43 Å². The first-order valence-electron chi connectivity index (χ1n) is 9.73. The summed E-state index contributed by atoms with van der Waals surface area (Å²) in [4.78, 5) is 74.5. The van der Waals surface area contributed by atoms with Crippen LogP contribution in [0.4, 0.5) is 17.1 Å². The maximum atomic E-state index is 11.2. The molecule has 198 valence electrons. The zero-order valence-electron chi connectivity index (χ0n) is 19.5. The third kappa shape index (κ3) is 11.5. The second-order valence-corrected chi connectivity index (χ2v) is 6.59. The molecule has 0 saturated carbocycles. The van der Waals surface area contributed by atoms with E-state index < -0.39 is 64.3 Å². The molecule has 0 bridgehead atoms. The molecular formula is C19H24N4O13. The molecule has 0 spiro atoms. The highest BCUT2D eigenvalue weighted by atomic mass is 16.6. The SMILES string of the molecule is CC(=O)OC[C@@H](OC(C)=O)[C@@H](OC(C)=O)[C@@H](C=O)OC(C)=O.NNc1ccc([N+](=O)[O-])cc1[N+](=O)[O-]. The summed E-state index contributed by atoms with van der Waals surface area (Å²) in [7, 11) is 0. The van der Waals surface area contributed by atoms with Crippen LogP contribution in [0.2, 0.25) is 0 Å². The lowest BCUT2D eigenvalue weighted by atomic mass is 10.1. The van der Waals surface area contributed by atoms with Gasteiger partial charge >= 0.3 is 29.6 Å². The number of nitro groups is 2. The maximum Gasteiger partial charge on any atom is 0.303 e. The summed E-state index contributed by atoms with van der Waals surface area (Å²) >= 11 is 0. The lowest BCUT2D eigenvalue weighted by Crippen LogP contribution is -2.48. The van der Waals surface area contributed by atoms with Gasteiger partial charge in [-0.05, 0) is 6.07 Å². The number of nitro benzene ring substituents is 2. The second kappa shape index (κ2) is 15.3. The van der Waals surface area contributed by atoms with Gasteiger partial charge in [-0.2, -0.15) is 0 Å². The minimum Gasteiger partial charge on any atom is -0.462 e. The topological polar surface area (TPSA) is 247 Å². The molecule has 0 aromatic heterocycles. The van der Waals surface area contributed by atoms with Crippen LogP contribution in [0.3, 0.4) is 0 Å². The first kappa shape index (κ1) is 31.3. The first-order valence-corrected chi connectivity index (χ1v) is 9.73. The van der Waals surface area contributed by atoms with Gasteiger partial charge in [-0.1, -0.05) is 0 Å². The predicted octanol–water partition coefficient (Wildman–Crippen LogP) is 0.332. The number of nitrogens with two attached hydrogens (primary N) is 1. The van der Waals surface area contributed by atoms with Gasteiger partial charge in [-0.25, -0.2) is 0 Å². The van der Waals surface area contributed by atoms with Crippen molar-refractivity contribution in [3.8, 4) is 0 Å². The number of rotatable bonds is 11. The summed E-state index contributed by atoms with van der Waals surface area (Å²) in [6.07, 6.45) is -4.04. The Hall–Kier alpha value is -4.67. The van der Waals surface area contributed by atoms with E-state index in [0.717, 1.165) is 39.8 Å². The number of nitrogens with zero attached hydrogens (tertiary/aromatic N) is 2. The number of nitrogen functional groups attached to an aromatic ring is 1. The molecular weight excluding hydrogens is 492 g/mol. The van der Waals surface area contributed by atoms with E-state index in [9.17, 15) is 44.2 Å². The number of aldehydes is 1. The van der Waals surface area contributed by atoms with Gasteiger partial charge in [-0.15, -0.1) is 0 Å². The number of carbonyl (C=O) groups excluding carboxylic acids is 5. The molecule has 0 aliphatic carbocycles. The maximum absolute atomic E-state index is 11.2. The summed E-state index contributed by atoms with van der Waals surface area (Å²) in [5, 5.41) is 20.7. The van der Waals surface area contributed by atoms with Gasteiger partial charge in [0.15, 0.2) is 24.6 Å². The monoisotopic (exact) mass is 516 g/mol. The van der Waals surface area contributed by atoms with Crippen LogP contribution in [0.5, 0.6) is 0 Å². The molecule has 17 heteroatoms. The summed E-state index contributed by atoms with van der Waals surface area (Å²) in [6.45, 7) is 3.83. The molecule has 36 heavy (non-hydrogen) atoms. The van der Waals surface area contributed by atoms with E-state index in [1.165, 1.54) is 6.07 Å². The number of non-ortho nitro benzene ring substituents is 1. The van der Waals surface area contributed by atoms with Crippen LogP contribution in [-0.4, -0.2) is 64.9 Å². The van der Waals surface area contributed by atoms with E-state index in [4.69, 9.17) is 24.8 Å². The highest BCUT2D eigenvalue weighted by Gasteiger charge is 2.37. The van der Waals surface area contributed by atoms with Crippen molar-refractivity contribution in [3.63, 3.8) is 0 Å². The van der Waals surface area contributed by atoms with Gasteiger partial charge in [-0.3, -0.25) is 50.0 Å². The Morgan fingerprint density at radius 3 is 1.89 bits per heavy atom. The predicted molar refractivity (Wildman–Crippen MR) is 117 cm³/mol. The van der Waals surface area contributed by atoms with Crippen LogP contribution in [-0.2, 0) is 42.9 Å². The van der Waals surface area contributed by atoms with Gasteiger partial charge in [0, 0.05) is 33.8 Å². The van der Waals surface area contributed by atoms with Gasteiger partial charge in [0.1, 0.15) is 12.3 Å². The Morgan fingerprint density at radius 2 is 1.50 bits per heavy atom. The van der Waals surface area contributed by atoms with Crippen LogP contribution in [0.15, 0.2) is 18.2 Å². The van der Waals surface area contributed by atoms with E-state index in [-0.39, 0.29) is 17.7 Å². The highest BCUT2D eigenvalue weighted by molar-refractivity contribution is 5.72. The van der Waals surface area contributed by atoms with Crippen LogP contribution < -0.4 is 11.3 Å². The normalized spacial score (nSPS) is 12.2. The fourth-order valence-corrected chi connectivity index (χ4v) is 2.43. The number of benzene rings is 1. The summed E-state index contributed by atoms with van der Waals surface area (Å²) in [5.41, 5.74) is 1.33. The van der Waals surface area contributed by atoms with E-state index >= 15 is 0 Å². The molecule has 0 aliphatic heterocycles. The number of esters is 4. The Labute approximate surface area is 203 Å². The fraction of sp³-hybridized carbons (Fsp3) is 0.421. The van der Waals surface area contributed by atoms with Crippen LogP contribution >= 0.6 is 0 Å². The molecule has 0 radical (unpaired) electrons. The van der Waals surface area contributed by atoms with Gasteiger partial charge in [0.25, 0.3) is 5.69 Å². The Morgan fingerprint density at radius 1 is 0.944 bits per heavy atom. The standard InChI is InChI=1S/C13H18O9.C6H6N4O4/c1-7(15)19-6-12(21-9(3)17)13(22-10(4)18)11(5-14)20-8(2)16;7-8-5-2-1-4(9(11)12)3-6(5)10(13)14/h5,11-13H,6H2,1-4H3;1-3,8H,7H2/t11-,12-,13+;/m1./s1. The number of anilines is 1. The molecule has 0 heterocycles. The van der Waals surface area contributed by atoms with E-state index in [0.29, 0.717) is 0 Å². The molecule has 0 unspecified atom stereocenters. The van der Waals surface area contributed by atoms with E-state index in [1.54, 1.807) is 0 Å². The number of hydrogen-bond donors (Lipinski definition) is 2. The molecule has 1 rings (SSSR count). The molecule has 0 saturated heterocycles. The Kier molecular flexibility index (Phi) is 13.3. The summed E-state index contributed by atoms with van der Waals surface area (Å²) in [6, 6.07) is 3.15. The van der Waals surface area contributed by atoms with Crippen molar-refractivity contribution >= 4 is 47.2 Å². The van der Waals surface area contributed by atoms with Crippen molar-refractivity contribution in [1.82, 2.24) is 0 Å². The molecule has 3 N–H and O–H groups in total. The largest absolute Gasteiger partial charge is 0.462 e. The third-order valence-corrected chi connectivity index (χ3v) is 3.74. The summed E-state index contributed by atoms with van der Waals surface area (Å²) < 4.78 is 19.2. The second-order valence-electron chi connectivity index (χ2n) is 6.59. The zero-order valence-corrected chi connectivity index (χ0v) is 19.5. The van der Waals surface area contributed by atoms with Crippen LogP contribution in [0.1, 0.15) is 27.7 Å². The molecule has 0 aliphatic rings. The highest BCUT2D eigenvalue weighted by Crippen LogP contribution is 2.27. The third-order valence-electron chi connectivity index (χ3n) is 3.74. The lowest BCUT2D eigenvalue weighted by molar-refractivity contribution is -0.393. The molecule has 0 amide bonds. The summed E-state index contributed by atoms with van der Waals surface area (Å²) in [5.74, 6) is 1.95. The van der Waals surface area contributed by atoms with Gasteiger partial charge in [0.05, 0.1) is 15.9 Å². The minimum absolute atomic E-state index is 0.0283. The Bertz CT molecular complexity index is 998. The number of hydrogen-bond acceptors (Lipinski definition) is 15. The molecule has 1 aromatic rings. The van der Waals surface area contributed by atoms with Gasteiger partial charge in [0.2, 0.25) is 0 Å². The van der Waals surface area contributed by atoms with Crippen molar-refractivity contribution in [1.29, 1.82) is 0 Å². The minimum atomic E-state index is -1.51. The van der Waals surface area contributed by atoms with Crippen LogP contribution in [0.25, 0.3) is 0 Å². The van der Waals surface area contributed by atoms with Gasteiger partial charge < -0.3 is 24.4 Å². The fourth-order valence-electron chi connectivity index (χ4n) is 2.43. The quantitative estimate of drug-likeness (QED) is 0.100. The zero-order chi connectivity index (χ0) is 28.0. The smallest absolute Gasteiger partial charge is 0.303 e. The first-order chi connectivity index (χ1) is 16.7. The molecule has 17 nitrogen and oxygen atoms in total. The van der Waals surface area contributed by atoms with Crippen molar-refractivity contribution in [3.05, 3.63) is 38.4 Å². The number of nitrogens with one attached hydrogen (secondary N) is 1. The van der Waals surface area contributed by atoms with Crippen molar-refractivity contribution in [2.75, 3.05) is 12.0 Å². The van der Waals surface area contributed by atoms with Crippen molar-refractivity contribution in [2.45, 2.75) is 46.0 Å². The lowest BCUT2D eigenvalue weighted by Gasteiger charge is -2.28. The van der Waals surface area contributed by atoms with Crippen molar-refractivity contribution < 1.29 is 52.8 Å². The molecule has 1 aromatic carbocycles.